The van der Waals surface area contributed by atoms with Crippen molar-refractivity contribution in [3.05, 3.63) is 52.3 Å². The number of aryl methyl sites for hydroxylation is 2. The molecule has 1 aromatic heterocycles. The fraction of sp³-hybridized carbons (Fsp3) is 0.353. The van der Waals surface area contributed by atoms with Crippen molar-refractivity contribution in [3.63, 3.8) is 0 Å². The Bertz CT molecular complexity index is 718. The number of halogens is 1. The SMILES string of the molecule is Cc1cc(C)nc(SCC(=O)NCc2ccc3c(c2)CNC3)n1.Cl. The van der Waals surface area contributed by atoms with Crippen molar-refractivity contribution in [2.45, 2.75) is 38.6 Å². The fourth-order valence-electron chi connectivity index (χ4n) is 2.60. The van der Waals surface area contributed by atoms with Crippen LogP contribution in [0.15, 0.2) is 29.4 Å². The van der Waals surface area contributed by atoms with Crippen LogP contribution in [0, 0.1) is 13.8 Å². The monoisotopic (exact) mass is 364 g/mol. The molecule has 1 aliphatic heterocycles. The number of nitrogens with zero attached hydrogens (tertiary/aromatic N) is 2. The average Bonchev–Trinajstić information content (AvgIpc) is 2.97. The van der Waals surface area contributed by atoms with Gasteiger partial charge in [0.05, 0.1) is 5.75 Å². The summed E-state index contributed by atoms with van der Waals surface area (Å²) in [6.07, 6.45) is 0. The van der Waals surface area contributed by atoms with E-state index in [0.717, 1.165) is 30.0 Å². The Kier molecular flexibility index (Phi) is 6.60. The van der Waals surface area contributed by atoms with E-state index in [1.165, 1.54) is 22.9 Å². The number of rotatable bonds is 5. The minimum Gasteiger partial charge on any atom is -0.351 e. The summed E-state index contributed by atoms with van der Waals surface area (Å²) in [4.78, 5) is 20.7. The smallest absolute Gasteiger partial charge is 0.230 e. The molecule has 2 heterocycles. The molecule has 0 bridgehead atoms. The number of carbonyl (C=O) groups is 1. The molecular formula is C17H21ClN4OS. The number of carbonyl (C=O) groups excluding carboxylic acids is 1. The minimum absolute atomic E-state index is 0. The second-order valence-corrected chi connectivity index (χ2v) is 6.65. The number of hydrogen-bond donors (Lipinski definition) is 2. The number of benzene rings is 1. The molecule has 24 heavy (non-hydrogen) atoms. The van der Waals surface area contributed by atoms with Crippen LogP contribution >= 0.6 is 24.2 Å². The maximum Gasteiger partial charge on any atom is 0.230 e. The number of fused-ring (bicyclic) bond motifs is 1. The van der Waals surface area contributed by atoms with E-state index in [2.05, 4.69) is 38.8 Å². The number of aromatic nitrogens is 2. The Balaban J connectivity index is 0.00000208. The Morgan fingerprint density at radius 2 is 1.88 bits per heavy atom. The van der Waals surface area contributed by atoms with Gasteiger partial charge in [0.2, 0.25) is 5.91 Å². The largest absolute Gasteiger partial charge is 0.351 e. The quantitative estimate of drug-likeness (QED) is 0.630. The van der Waals surface area contributed by atoms with Crippen LogP contribution in [0.2, 0.25) is 0 Å². The standard InChI is InChI=1S/C17H20N4OS.ClH/c1-11-5-12(2)21-17(20-11)23-10-16(22)19-7-13-3-4-14-8-18-9-15(14)6-13;/h3-6,18H,7-10H2,1-2H3,(H,19,22);1H. The summed E-state index contributed by atoms with van der Waals surface area (Å²) in [5, 5.41) is 6.93. The molecule has 0 unspecified atom stereocenters. The fourth-order valence-corrected chi connectivity index (χ4v) is 3.38. The molecule has 5 nitrogen and oxygen atoms in total. The van der Waals surface area contributed by atoms with Crippen LogP contribution in [0.1, 0.15) is 28.1 Å². The van der Waals surface area contributed by atoms with Crippen molar-refractivity contribution in [2.75, 3.05) is 5.75 Å². The van der Waals surface area contributed by atoms with Gasteiger partial charge >= 0.3 is 0 Å². The second kappa shape index (κ2) is 8.46. The van der Waals surface area contributed by atoms with E-state index in [-0.39, 0.29) is 18.3 Å². The van der Waals surface area contributed by atoms with Gasteiger partial charge in [-0.3, -0.25) is 4.79 Å². The van der Waals surface area contributed by atoms with E-state index < -0.39 is 0 Å². The predicted octanol–water partition coefficient (Wildman–Crippen LogP) is 2.53. The van der Waals surface area contributed by atoms with E-state index in [0.29, 0.717) is 17.5 Å². The summed E-state index contributed by atoms with van der Waals surface area (Å²) in [5.41, 5.74) is 5.66. The van der Waals surface area contributed by atoms with Crippen LogP contribution in [-0.2, 0) is 24.4 Å². The molecule has 1 aromatic carbocycles. The molecule has 2 N–H and O–H groups in total. The topological polar surface area (TPSA) is 66.9 Å². The van der Waals surface area contributed by atoms with Crippen LogP contribution in [0.5, 0.6) is 0 Å². The summed E-state index contributed by atoms with van der Waals surface area (Å²) in [7, 11) is 0. The lowest BCUT2D eigenvalue weighted by atomic mass is 10.1. The average molecular weight is 365 g/mol. The molecule has 0 spiro atoms. The maximum atomic E-state index is 12.0. The second-order valence-electron chi connectivity index (χ2n) is 5.71. The zero-order valence-electron chi connectivity index (χ0n) is 13.8. The van der Waals surface area contributed by atoms with Gasteiger partial charge in [-0.05, 0) is 36.6 Å². The van der Waals surface area contributed by atoms with Crippen molar-refractivity contribution in [1.29, 1.82) is 0 Å². The van der Waals surface area contributed by atoms with Gasteiger partial charge in [0.25, 0.3) is 0 Å². The van der Waals surface area contributed by atoms with E-state index >= 15 is 0 Å². The zero-order valence-corrected chi connectivity index (χ0v) is 15.4. The molecular weight excluding hydrogens is 344 g/mol. The molecule has 0 radical (unpaired) electrons. The highest BCUT2D eigenvalue weighted by atomic mass is 35.5. The van der Waals surface area contributed by atoms with Crippen LogP contribution < -0.4 is 10.6 Å². The lowest BCUT2D eigenvalue weighted by Gasteiger charge is -2.07. The molecule has 1 aliphatic rings. The summed E-state index contributed by atoms with van der Waals surface area (Å²) >= 11 is 1.37. The summed E-state index contributed by atoms with van der Waals surface area (Å²) in [6, 6.07) is 8.30. The molecule has 0 fully saturated rings. The lowest BCUT2D eigenvalue weighted by Crippen LogP contribution is -2.24. The third-order valence-electron chi connectivity index (χ3n) is 3.69. The highest BCUT2D eigenvalue weighted by molar-refractivity contribution is 7.99. The van der Waals surface area contributed by atoms with Crippen molar-refractivity contribution in [1.82, 2.24) is 20.6 Å². The molecule has 7 heteroatoms. The predicted molar refractivity (Wildman–Crippen MR) is 98.3 cm³/mol. The zero-order chi connectivity index (χ0) is 16.2. The highest BCUT2D eigenvalue weighted by Crippen LogP contribution is 2.17. The number of nitrogens with one attached hydrogen (secondary N) is 2. The van der Waals surface area contributed by atoms with Gasteiger partial charge in [-0.25, -0.2) is 9.97 Å². The van der Waals surface area contributed by atoms with E-state index in [1.807, 2.05) is 19.9 Å². The van der Waals surface area contributed by atoms with E-state index in [9.17, 15) is 4.79 Å². The molecule has 0 saturated carbocycles. The van der Waals surface area contributed by atoms with Crippen molar-refractivity contribution in [2.24, 2.45) is 0 Å². The molecule has 0 saturated heterocycles. The van der Waals surface area contributed by atoms with Crippen molar-refractivity contribution >= 4 is 30.1 Å². The number of hydrogen-bond acceptors (Lipinski definition) is 5. The minimum atomic E-state index is -0.00335. The molecule has 0 atom stereocenters. The normalized spacial score (nSPS) is 12.4. The number of amides is 1. The van der Waals surface area contributed by atoms with Gasteiger partial charge < -0.3 is 10.6 Å². The summed E-state index contributed by atoms with van der Waals surface area (Å²) < 4.78 is 0. The Morgan fingerprint density at radius 1 is 1.17 bits per heavy atom. The first-order valence-corrected chi connectivity index (χ1v) is 8.62. The molecule has 0 aliphatic carbocycles. The van der Waals surface area contributed by atoms with Gasteiger partial charge in [0, 0.05) is 31.0 Å². The maximum absolute atomic E-state index is 12.0. The van der Waals surface area contributed by atoms with Gasteiger partial charge in [0.1, 0.15) is 0 Å². The van der Waals surface area contributed by atoms with E-state index in [4.69, 9.17) is 0 Å². The molecule has 2 aromatic rings. The molecule has 3 rings (SSSR count). The van der Waals surface area contributed by atoms with Crippen LogP contribution in [0.25, 0.3) is 0 Å². The molecule has 128 valence electrons. The third kappa shape index (κ3) is 4.93. The lowest BCUT2D eigenvalue weighted by molar-refractivity contribution is -0.118. The van der Waals surface area contributed by atoms with Crippen LogP contribution in [0.3, 0.4) is 0 Å². The first-order chi connectivity index (χ1) is 11.1. The first-order valence-electron chi connectivity index (χ1n) is 7.63. The van der Waals surface area contributed by atoms with E-state index in [1.54, 1.807) is 0 Å². The Morgan fingerprint density at radius 3 is 2.62 bits per heavy atom. The van der Waals surface area contributed by atoms with Crippen molar-refractivity contribution < 1.29 is 4.79 Å². The third-order valence-corrected chi connectivity index (χ3v) is 4.53. The summed E-state index contributed by atoms with van der Waals surface area (Å²) in [6.45, 7) is 6.27. The van der Waals surface area contributed by atoms with Crippen LogP contribution in [-0.4, -0.2) is 21.6 Å². The van der Waals surface area contributed by atoms with Gasteiger partial charge in [-0.1, -0.05) is 30.0 Å². The van der Waals surface area contributed by atoms with Crippen molar-refractivity contribution in [3.8, 4) is 0 Å². The highest BCUT2D eigenvalue weighted by Gasteiger charge is 2.11. The Hall–Kier alpha value is -1.63. The summed E-state index contributed by atoms with van der Waals surface area (Å²) in [5.74, 6) is 0.325. The number of thioether (sulfide) groups is 1. The van der Waals surface area contributed by atoms with Gasteiger partial charge in [-0.15, -0.1) is 12.4 Å². The van der Waals surface area contributed by atoms with Gasteiger partial charge in [-0.2, -0.15) is 0 Å². The molecule has 1 amide bonds. The van der Waals surface area contributed by atoms with Gasteiger partial charge in [0.15, 0.2) is 5.16 Å². The Labute approximate surface area is 152 Å². The van der Waals surface area contributed by atoms with Crippen LogP contribution in [0.4, 0.5) is 0 Å². The first kappa shape index (κ1) is 18.7.